The second-order valence-corrected chi connectivity index (χ2v) is 6.92. The van der Waals surface area contributed by atoms with Crippen molar-refractivity contribution in [2.45, 2.75) is 57.1 Å². The average molecular weight is 301 g/mol. The normalized spacial score (nSPS) is 25.6. The summed E-state index contributed by atoms with van der Waals surface area (Å²) in [6.45, 7) is 4.10. The van der Waals surface area contributed by atoms with Gasteiger partial charge in [-0.3, -0.25) is 4.79 Å². The number of hydrogen-bond acceptors (Lipinski definition) is 5. The Morgan fingerprint density at radius 3 is 3.00 bits per heavy atom. The molecule has 0 aliphatic carbocycles. The van der Waals surface area contributed by atoms with Crippen LogP contribution in [0.15, 0.2) is 0 Å². The predicted octanol–water partition coefficient (Wildman–Crippen LogP) is 2.36. The molecule has 0 aromatic rings. The van der Waals surface area contributed by atoms with Gasteiger partial charge in [0.2, 0.25) is 0 Å². The van der Waals surface area contributed by atoms with E-state index >= 15 is 0 Å². The summed E-state index contributed by atoms with van der Waals surface area (Å²) in [4.78, 5) is 11.3. The fraction of sp³-hybridized carbons (Fsp3) is 0.933. The Morgan fingerprint density at radius 1 is 1.45 bits per heavy atom. The minimum absolute atomic E-state index is 0.0814. The van der Waals surface area contributed by atoms with Crippen LogP contribution in [0.3, 0.4) is 0 Å². The lowest BCUT2D eigenvalue weighted by Crippen LogP contribution is -2.49. The molecule has 2 rings (SSSR count). The van der Waals surface area contributed by atoms with Crippen molar-refractivity contribution in [2.75, 3.05) is 31.3 Å². The number of thioether (sulfide) groups is 1. The summed E-state index contributed by atoms with van der Waals surface area (Å²) in [6, 6.07) is 0.550. The van der Waals surface area contributed by atoms with E-state index in [1.165, 1.54) is 24.3 Å². The molecule has 0 amide bonds. The van der Waals surface area contributed by atoms with Crippen LogP contribution in [-0.2, 0) is 14.3 Å². The smallest absolute Gasteiger partial charge is 0.305 e. The van der Waals surface area contributed by atoms with Gasteiger partial charge in [-0.15, -0.1) is 0 Å². The molecule has 5 heteroatoms. The van der Waals surface area contributed by atoms with Gasteiger partial charge in [-0.05, 0) is 57.1 Å². The van der Waals surface area contributed by atoms with Crippen LogP contribution in [0.1, 0.15) is 45.4 Å². The number of ether oxygens (including phenoxy) is 2. The van der Waals surface area contributed by atoms with E-state index in [-0.39, 0.29) is 11.6 Å². The standard InChI is InChI=1S/C15H27NO3S/c1-2-18-14(17)4-3-8-16-13-5-9-19-15(12-13)6-10-20-11-7-15/h13,16H,2-12H2,1H3. The van der Waals surface area contributed by atoms with Gasteiger partial charge in [0.05, 0.1) is 12.2 Å². The highest BCUT2D eigenvalue weighted by Crippen LogP contribution is 2.37. The molecule has 116 valence electrons. The Hall–Kier alpha value is -0.260. The van der Waals surface area contributed by atoms with E-state index < -0.39 is 0 Å². The fourth-order valence-corrected chi connectivity index (χ4v) is 4.30. The summed E-state index contributed by atoms with van der Waals surface area (Å²) < 4.78 is 11.0. The molecule has 1 atom stereocenters. The molecule has 2 fully saturated rings. The Morgan fingerprint density at radius 2 is 2.25 bits per heavy atom. The van der Waals surface area contributed by atoms with Crippen LogP contribution in [-0.4, -0.2) is 48.9 Å². The van der Waals surface area contributed by atoms with E-state index in [4.69, 9.17) is 9.47 Å². The van der Waals surface area contributed by atoms with Gasteiger partial charge in [-0.2, -0.15) is 11.8 Å². The summed E-state index contributed by atoms with van der Waals surface area (Å²) in [5, 5.41) is 3.60. The summed E-state index contributed by atoms with van der Waals surface area (Å²) in [6.07, 6.45) is 5.99. The van der Waals surface area contributed by atoms with Crippen LogP contribution in [0, 0.1) is 0 Å². The number of esters is 1. The van der Waals surface area contributed by atoms with Gasteiger partial charge in [0, 0.05) is 19.1 Å². The molecule has 2 saturated heterocycles. The Labute approximate surface area is 126 Å². The van der Waals surface area contributed by atoms with E-state index in [1.54, 1.807) is 0 Å². The number of carbonyl (C=O) groups is 1. The maximum atomic E-state index is 11.3. The number of carbonyl (C=O) groups excluding carboxylic acids is 1. The van der Waals surface area contributed by atoms with Crippen molar-refractivity contribution in [1.29, 1.82) is 0 Å². The molecular formula is C15H27NO3S. The SMILES string of the molecule is CCOC(=O)CCCNC1CCOC2(CCSCC2)C1. The zero-order valence-corrected chi connectivity index (χ0v) is 13.3. The lowest BCUT2D eigenvalue weighted by atomic mass is 9.85. The number of rotatable bonds is 6. The Bertz CT molecular complexity index is 300. The lowest BCUT2D eigenvalue weighted by Gasteiger charge is -2.43. The van der Waals surface area contributed by atoms with Crippen LogP contribution < -0.4 is 5.32 Å². The first kappa shape index (κ1) is 16.1. The van der Waals surface area contributed by atoms with Crippen molar-refractivity contribution < 1.29 is 14.3 Å². The Balaban J connectivity index is 1.64. The third-order valence-electron chi connectivity index (χ3n) is 4.19. The van der Waals surface area contributed by atoms with Gasteiger partial charge in [0.1, 0.15) is 0 Å². The van der Waals surface area contributed by atoms with Gasteiger partial charge in [0.25, 0.3) is 0 Å². The van der Waals surface area contributed by atoms with Crippen molar-refractivity contribution in [2.24, 2.45) is 0 Å². The maximum absolute atomic E-state index is 11.3. The van der Waals surface area contributed by atoms with Gasteiger partial charge >= 0.3 is 5.97 Å². The van der Waals surface area contributed by atoms with Gasteiger partial charge in [-0.1, -0.05) is 0 Å². The third kappa shape index (κ3) is 4.93. The van der Waals surface area contributed by atoms with Gasteiger partial charge < -0.3 is 14.8 Å². The molecule has 1 spiro atoms. The van der Waals surface area contributed by atoms with E-state index in [0.29, 0.717) is 19.1 Å². The maximum Gasteiger partial charge on any atom is 0.305 e. The molecule has 0 bridgehead atoms. The molecule has 2 aliphatic heterocycles. The Kier molecular flexibility index (Phi) is 6.65. The summed E-state index contributed by atoms with van der Waals surface area (Å²) >= 11 is 2.04. The third-order valence-corrected chi connectivity index (χ3v) is 5.18. The largest absolute Gasteiger partial charge is 0.466 e. The van der Waals surface area contributed by atoms with Crippen LogP contribution in [0.4, 0.5) is 0 Å². The van der Waals surface area contributed by atoms with Crippen molar-refractivity contribution in [3.8, 4) is 0 Å². The highest BCUT2D eigenvalue weighted by molar-refractivity contribution is 7.99. The summed E-state index contributed by atoms with van der Waals surface area (Å²) in [5.41, 5.74) is 0.141. The zero-order chi connectivity index (χ0) is 14.3. The summed E-state index contributed by atoms with van der Waals surface area (Å²) in [7, 11) is 0. The second-order valence-electron chi connectivity index (χ2n) is 5.70. The minimum Gasteiger partial charge on any atom is -0.466 e. The number of hydrogen-bond donors (Lipinski definition) is 1. The zero-order valence-electron chi connectivity index (χ0n) is 12.5. The summed E-state index contributed by atoms with van der Waals surface area (Å²) in [5.74, 6) is 2.38. The van der Waals surface area contributed by atoms with Crippen molar-refractivity contribution in [3.63, 3.8) is 0 Å². The monoisotopic (exact) mass is 301 g/mol. The van der Waals surface area contributed by atoms with E-state index in [2.05, 4.69) is 5.32 Å². The average Bonchev–Trinajstić information content (AvgIpc) is 2.45. The van der Waals surface area contributed by atoms with E-state index in [1.807, 2.05) is 18.7 Å². The predicted molar refractivity (Wildman–Crippen MR) is 82.1 cm³/mol. The van der Waals surface area contributed by atoms with Crippen molar-refractivity contribution in [1.82, 2.24) is 5.32 Å². The first-order valence-electron chi connectivity index (χ1n) is 7.85. The topological polar surface area (TPSA) is 47.6 Å². The molecule has 4 nitrogen and oxygen atoms in total. The lowest BCUT2D eigenvalue weighted by molar-refractivity contribution is -0.143. The molecule has 0 aromatic carbocycles. The van der Waals surface area contributed by atoms with Gasteiger partial charge in [-0.25, -0.2) is 0 Å². The van der Waals surface area contributed by atoms with Crippen LogP contribution in [0.5, 0.6) is 0 Å². The fourth-order valence-electron chi connectivity index (χ4n) is 3.07. The molecule has 0 saturated carbocycles. The van der Waals surface area contributed by atoms with Crippen molar-refractivity contribution in [3.05, 3.63) is 0 Å². The molecule has 1 N–H and O–H groups in total. The molecule has 0 radical (unpaired) electrons. The second kappa shape index (κ2) is 8.25. The molecule has 2 aliphatic rings. The molecule has 2 heterocycles. The van der Waals surface area contributed by atoms with E-state index in [9.17, 15) is 4.79 Å². The molecule has 20 heavy (non-hydrogen) atoms. The van der Waals surface area contributed by atoms with E-state index in [0.717, 1.165) is 32.4 Å². The van der Waals surface area contributed by atoms with Crippen LogP contribution in [0.25, 0.3) is 0 Å². The number of nitrogens with one attached hydrogen (secondary N) is 1. The highest BCUT2D eigenvalue weighted by Gasteiger charge is 2.38. The minimum atomic E-state index is -0.0814. The quantitative estimate of drug-likeness (QED) is 0.603. The molecule has 1 unspecified atom stereocenters. The van der Waals surface area contributed by atoms with Crippen molar-refractivity contribution >= 4 is 17.7 Å². The molecular weight excluding hydrogens is 274 g/mol. The van der Waals surface area contributed by atoms with Gasteiger partial charge in [0.15, 0.2) is 0 Å². The first-order valence-corrected chi connectivity index (χ1v) is 9.00. The first-order chi connectivity index (χ1) is 9.74. The van der Waals surface area contributed by atoms with Crippen LogP contribution >= 0.6 is 11.8 Å². The highest BCUT2D eigenvalue weighted by atomic mass is 32.2. The van der Waals surface area contributed by atoms with Crippen LogP contribution in [0.2, 0.25) is 0 Å². The molecule has 0 aromatic heterocycles.